The minimum Gasteiger partial charge on any atom is -0.368 e. The summed E-state index contributed by atoms with van der Waals surface area (Å²) < 4.78 is 1.83. The van der Waals surface area contributed by atoms with Gasteiger partial charge in [0.05, 0.1) is 11.7 Å². The molecule has 3 N–H and O–H groups in total. The Morgan fingerprint density at radius 3 is 2.75 bits per heavy atom. The fourth-order valence-electron chi connectivity index (χ4n) is 1.56. The third kappa shape index (κ3) is 4.02. The van der Waals surface area contributed by atoms with Crippen molar-refractivity contribution in [2.75, 3.05) is 0 Å². The number of aromatic nitrogens is 2. The molecule has 1 rings (SSSR count). The maximum atomic E-state index is 11.2. The van der Waals surface area contributed by atoms with Gasteiger partial charge in [0, 0.05) is 18.8 Å². The summed E-state index contributed by atoms with van der Waals surface area (Å²) in [6, 6.07) is 1.90. The SMILES string of the molecule is Cc1ccn(CCC(NC(C)C)C(N)=O)n1. The van der Waals surface area contributed by atoms with Crippen molar-refractivity contribution in [1.82, 2.24) is 15.1 Å². The second kappa shape index (κ2) is 5.65. The first kappa shape index (κ1) is 12.7. The van der Waals surface area contributed by atoms with Gasteiger partial charge in [0.2, 0.25) is 5.91 Å². The van der Waals surface area contributed by atoms with Crippen LogP contribution in [-0.4, -0.2) is 27.8 Å². The number of carbonyl (C=O) groups excluding carboxylic acids is 1. The Morgan fingerprint density at radius 2 is 2.31 bits per heavy atom. The molecule has 90 valence electrons. The first-order valence-corrected chi connectivity index (χ1v) is 5.54. The Hall–Kier alpha value is -1.36. The molecular weight excluding hydrogens is 204 g/mol. The van der Waals surface area contributed by atoms with Gasteiger partial charge < -0.3 is 11.1 Å². The lowest BCUT2D eigenvalue weighted by Crippen LogP contribution is -2.45. The van der Waals surface area contributed by atoms with E-state index in [1.807, 2.05) is 37.7 Å². The lowest BCUT2D eigenvalue weighted by atomic mass is 10.1. The molecule has 0 saturated heterocycles. The molecule has 0 aromatic carbocycles. The predicted octanol–water partition coefficient (Wildman–Crippen LogP) is 0.434. The van der Waals surface area contributed by atoms with E-state index in [9.17, 15) is 4.79 Å². The molecule has 1 aromatic rings. The molecule has 1 heterocycles. The number of nitrogens with two attached hydrogens (primary N) is 1. The Morgan fingerprint density at radius 1 is 1.62 bits per heavy atom. The molecule has 16 heavy (non-hydrogen) atoms. The zero-order valence-corrected chi connectivity index (χ0v) is 10.1. The fourth-order valence-corrected chi connectivity index (χ4v) is 1.56. The molecule has 1 aromatic heterocycles. The van der Waals surface area contributed by atoms with Gasteiger partial charge in [-0.2, -0.15) is 5.10 Å². The number of primary amides is 1. The van der Waals surface area contributed by atoms with Gasteiger partial charge in [-0.15, -0.1) is 0 Å². The molecule has 0 aliphatic rings. The van der Waals surface area contributed by atoms with Crippen molar-refractivity contribution in [2.45, 2.75) is 45.8 Å². The molecule has 0 aliphatic heterocycles. The smallest absolute Gasteiger partial charge is 0.234 e. The monoisotopic (exact) mass is 224 g/mol. The molecular formula is C11H20N4O. The number of aryl methyl sites for hydroxylation is 2. The molecule has 5 nitrogen and oxygen atoms in total. The van der Waals surface area contributed by atoms with Gasteiger partial charge >= 0.3 is 0 Å². The van der Waals surface area contributed by atoms with Crippen LogP contribution in [0.3, 0.4) is 0 Å². The van der Waals surface area contributed by atoms with E-state index in [-0.39, 0.29) is 18.0 Å². The van der Waals surface area contributed by atoms with E-state index in [2.05, 4.69) is 10.4 Å². The first-order chi connectivity index (χ1) is 7.49. The highest BCUT2D eigenvalue weighted by molar-refractivity contribution is 5.79. The Kier molecular flexibility index (Phi) is 4.49. The molecule has 0 aliphatic carbocycles. The van der Waals surface area contributed by atoms with Crippen molar-refractivity contribution < 1.29 is 4.79 Å². The van der Waals surface area contributed by atoms with Gasteiger partial charge in [0.15, 0.2) is 0 Å². The third-order valence-corrected chi connectivity index (χ3v) is 2.30. The average molecular weight is 224 g/mol. The molecule has 0 fully saturated rings. The largest absolute Gasteiger partial charge is 0.368 e. The van der Waals surface area contributed by atoms with E-state index in [4.69, 9.17) is 5.73 Å². The Balaban J connectivity index is 2.46. The normalized spacial score (nSPS) is 13.0. The van der Waals surface area contributed by atoms with E-state index in [1.165, 1.54) is 0 Å². The Bertz CT molecular complexity index is 346. The summed E-state index contributed by atoms with van der Waals surface area (Å²) >= 11 is 0. The van der Waals surface area contributed by atoms with Crippen LogP contribution < -0.4 is 11.1 Å². The van der Waals surface area contributed by atoms with Crippen LogP contribution in [0.1, 0.15) is 26.0 Å². The minimum atomic E-state index is -0.308. The summed E-state index contributed by atoms with van der Waals surface area (Å²) in [6.45, 7) is 6.62. The third-order valence-electron chi connectivity index (χ3n) is 2.30. The van der Waals surface area contributed by atoms with E-state index in [0.29, 0.717) is 13.0 Å². The highest BCUT2D eigenvalue weighted by atomic mass is 16.1. The van der Waals surface area contributed by atoms with Gasteiger partial charge in [-0.1, -0.05) is 13.8 Å². The lowest BCUT2D eigenvalue weighted by Gasteiger charge is -2.17. The van der Waals surface area contributed by atoms with Crippen LogP contribution in [0.4, 0.5) is 0 Å². The van der Waals surface area contributed by atoms with Gasteiger partial charge in [-0.3, -0.25) is 9.48 Å². The van der Waals surface area contributed by atoms with Crippen molar-refractivity contribution >= 4 is 5.91 Å². The minimum absolute atomic E-state index is 0.247. The molecule has 0 radical (unpaired) electrons. The van der Waals surface area contributed by atoms with E-state index in [1.54, 1.807) is 0 Å². The second-order valence-corrected chi connectivity index (χ2v) is 4.29. The van der Waals surface area contributed by atoms with Crippen molar-refractivity contribution in [3.63, 3.8) is 0 Å². The number of amides is 1. The number of nitrogens with one attached hydrogen (secondary N) is 1. The van der Waals surface area contributed by atoms with E-state index < -0.39 is 0 Å². The van der Waals surface area contributed by atoms with Crippen molar-refractivity contribution in [3.8, 4) is 0 Å². The topological polar surface area (TPSA) is 72.9 Å². The van der Waals surface area contributed by atoms with E-state index >= 15 is 0 Å². The summed E-state index contributed by atoms with van der Waals surface area (Å²) in [5.41, 5.74) is 6.30. The highest BCUT2D eigenvalue weighted by Crippen LogP contribution is 1.99. The van der Waals surface area contributed by atoms with Crippen LogP contribution in [0.25, 0.3) is 0 Å². The van der Waals surface area contributed by atoms with Gasteiger partial charge in [0.25, 0.3) is 0 Å². The number of rotatable bonds is 6. The molecule has 1 unspecified atom stereocenters. The number of carbonyl (C=O) groups is 1. The molecule has 1 amide bonds. The summed E-state index contributed by atoms with van der Waals surface area (Å²) in [4.78, 5) is 11.2. The quantitative estimate of drug-likeness (QED) is 0.736. The summed E-state index contributed by atoms with van der Waals surface area (Å²) in [5.74, 6) is -0.308. The summed E-state index contributed by atoms with van der Waals surface area (Å²) in [6.07, 6.45) is 2.57. The molecule has 1 atom stereocenters. The molecule has 0 bridgehead atoms. The van der Waals surface area contributed by atoms with Crippen molar-refractivity contribution in [3.05, 3.63) is 18.0 Å². The van der Waals surface area contributed by atoms with E-state index in [0.717, 1.165) is 5.69 Å². The average Bonchev–Trinajstić information content (AvgIpc) is 2.58. The number of nitrogens with zero attached hydrogens (tertiary/aromatic N) is 2. The van der Waals surface area contributed by atoms with Crippen LogP contribution >= 0.6 is 0 Å². The van der Waals surface area contributed by atoms with Crippen LogP contribution in [-0.2, 0) is 11.3 Å². The predicted molar refractivity (Wildman–Crippen MR) is 62.8 cm³/mol. The van der Waals surface area contributed by atoms with Crippen molar-refractivity contribution in [2.24, 2.45) is 5.73 Å². The highest BCUT2D eigenvalue weighted by Gasteiger charge is 2.15. The van der Waals surface area contributed by atoms with Gasteiger partial charge in [0.1, 0.15) is 0 Å². The first-order valence-electron chi connectivity index (χ1n) is 5.54. The second-order valence-electron chi connectivity index (χ2n) is 4.29. The Labute approximate surface area is 96.0 Å². The molecule has 5 heteroatoms. The fraction of sp³-hybridized carbons (Fsp3) is 0.636. The molecule has 0 saturated carbocycles. The van der Waals surface area contributed by atoms with Crippen molar-refractivity contribution in [1.29, 1.82) is 0 Å². The van der Waals surface area contributed by atoms with Gasteiger partial charge in [-0.05, 0) is 19.4 Å². The summed E-state index contributed by atoms with van der Waals surface area (Å²) in [7, 11) is 0. The maximum absolute atomic E-state index is 11.2. The summed E-state index contributed by atoms with van der Waals surface area (Å²) in [5, 5.41) is 7.40. The maximum Gasteiger partial charge on any atom is 0.234 e. The van der Waals surface area contributed by atoms with Gasteiger partial charge in [-0.25, -0.2) is 0 Å². The number of hydrogen-bond acceptors (Lipinski definition) is 3. The van der Waals surface area contributed by atoms with Crippen LogP contribution in [0, 0.1) is 6.92 Å². The number of hydrogen-bond donors (Lipinski definition) is 2. The van der Waals surface area contributed by atoms with Crippen LogP contribution in [0.5, 0.6) is 0 Å². The van der Waals surface area contributed by atoms with Crippen LogP contribution in [0.2, 0.25) is 0 Å². The van der Waals surface area contributed by atoms with Crippen LogP contribution in [0.15, 0.2) is 12.3 Å². The lowest BCUT2D eigenvalue weighted by molar-refractivity contribution is -0.120. The standard InChI is InChI=1S/C11H20N4O/c1-8(2)13-10(11(12)16)5-7-15-6-4-9(3)14-15/h4,6,8,10,13H,5,7H2,1-3H3,(H2,12,16). The molecule has 0 spiro atoms. The zero-order valence-electron chi connectivity index (χ0n) is 10.1. The zero-order chi connectivity index (χ0) is 12.1.